The predicted molar refractivity (Wildman–Crippen MR) is 115 cm³/mol. The van der Waals surface area contributed by atoms with Gasteiger partial charge in [0.2, 0.25) is 11.9 Å². The predicted octanol–water partition coefficient (Wildman–Crippen LogP) is 0.788. The first-order chi connectivity index (χ1) is 15.1. The number of hydrogen-bond donors (Lipinski definition) is 0. The third-order valence-electron chi connectivity index (χ3n) is 6.66. The van der Waals surface area contributed by atoms with Gasteiger partial charge in [0.1, 0.15) is 11.4 Å². The van der Waals surface area contributed by atoms with Gasteiger partial charge in [-0.1, -0.05) is 0 Å². The molecule has 9 nitrogen and oxygen atoms in total. The SMILES string of the molecule is Cc1ncc2c(n1)C1(CCN(C(=O)CN3CCN(c4ncccn4)CC3)CC1)OCC2. The van der Waals surface area contributed by atoms with Crippen molar-refractivity contribution in [1.82, 2.24) is 29.7 Å². The average Bonchev–Trinajstić information content (AvgIpc) is 2.81. The molecule has 5 rings (SSSR count). The molecule has 0 atom stereocenters. The molecule has 3 aliphatic heterocycles. The van der Waals surface area contributed by atoms with Gasteiger partial charge in [-0.3, -0.25) is 9.69 Å². The van der Waals surface area contributed by atoms with Gasteiger partial charge in [0.15, 0.2) is 0 Å². The van der Waals surface area contributed by atoms with Gasteiger partial charge in [-0.05, 0) is 37.8 Å². The van der Waals surface area contributed by atoms with Gasteiger partial charge in [-0.15, -0.1) is 0 Å². The molecule has 31 heavy (non-hydrogen) atoms. The fourth-order valence-corrected chi connectivity index (χ4v) is 4.85. The van der Waals surface area contributed by atoms with Crippen molar-refractivity contribution in [3.05, 3.63) is 41.7 Å². The highest BCUT2D eigenvalue weighted by Gasteiger charge is 2.43. The Morgan fingerprint density at radius 3 is 2.55 bits per heavy atom. The number of rotatable bonds is 3. The summed E-state index contributed by atoms with van der Waals surface area (Å²) in [7, 11) is 0. The lowest BCUT2D eigenvalue weighted by molar-refractivity contribution is -0.142. The number of likely N-dealkylation sites (tertiary alicyclic amines) is 1. The Morgan fingerprint density at radius 1 is 1.06 bits per heavy atom. The van der Waals surface area contributed by atoms with Crippen LogP contribution in [0, 0.1) is 6.92 Å². The summed E-state index contributed by atoms with van der Waals surface area (Å²) in [4.78, 5) is 37.1. The summed E-state index contributed by atoms with van der Waals surface area (Å²) in [6.45, 7) is 7.86. The lowest BCUT2D eigenvalue weighted by Gasteiger charge is -2.44. The van der Waals surface area contributed by atoms with E-state index in [1.165, 1.54) is 5.56 Å². The first kappa shape index (κ1) is 20.3. The van der Waals surface area contributed by atoms with Crippen molar-refractivity contribution in [3.8, 4) is 0 Å². The number of fused-ring (bicyclic) bond motifs is 2. The topological polar surface area (TPSA) is 87.6 Å². The standard InChI is InChI=1S/C22H29N7O2/c1-17-25-15-18-3-14-31-22(20(18)26-17)4-8-28(9-5-22)19(30)16-27-10-12-29(13-11-27)21-23-6-2-7-24-21/h2,6-7,15H,3-5,8-14,16H2,1H3. The Balaban J connectivity index is 1.15. The molecule has 2 aromatic rings. The Kier molecular flexibility index (Phi) is 5.54. The van der Waals surface area contributed by atoms with Crippen LogP contribution in [0.5, 0.6) is 0 Å². The summed E-state index contributed by atoms with van der Waals surface area (Å²) < 4.78 is 6.26. The zero-order valence-corrected chi connectivity index (χ0v) is 18.0. The molecule has 3 aliphatic rings. The third kappa shape index (κ3) is 4.12. The molecule has 0 aliphatic carbocycles. The minimum Gasteiger partial charge on any atom is -0.368 e. The van der Waals surface area contributed by atoms with E-state index in [4.69, 9.17) is 9.72 Å². The number of piperazine rings is 1. The van der Waals surface area contributed by atoms with Gasteiger partial charge >= 0.3 is 0 Å². The minimum atomic E-state index is -0.362. The van der Waals surface area contributed by atoms with E-state index >= 15 is 0 Å². The Morgan fingerprint density at radius 2 is 1.81 bits per heavy atom. The van der Waals surface area contributed by atoms with E-state index in [-0.39, 0.29) is 11.5 Å². The fraction of sp³-hybridized carbons (Fsp3) is 0.591. The molecule has 9 heteroatoms. The number of anilines is 1. The molecular formula is C22H29N7O2. The maximum absolute atomic E-state index is 13.0. The van der Waals surface area contributed by atoms with E-state index < -0.39 is 0 Å². The molecule has 0 radical (unpaired) electrons. The number of carbonyl (C=O) groups is 1. The van der Waals surface area contributed by atoms with Crippen LogP contribution >= 0.6 is 0 Å². The number of carbonyl (C=O) groups excluding carboxylic acids is 1. The maximum atomic E-state index is 13.0. The van der Waals surface area contributed by atoms with E-state index in [1.54, 1.807) is 12.4 Å². The zero-order valence-electron chi connectivity index (χ0n) is 18.0. The molecule has 2 saturated heterocycles. The summed E-state index contributed by atoms with van der Waals surface area (Å²) >= 11 is 0. The summed E-state index contributed by atoms with van der Waals surface area (Å²) in [5, 5.41) is 0. The van der Waals surface area contributed by atoms with Crippen LogP contribution in [0.15, 0.2) is 24.7 Å². The van der Waals surface area contributed by atoms with Crippen molar-refractivity contribution >= 4 is 11.9 Å². The number of amides is 1. The Labute approximate surface area is 182 Å². The number of aryl methyl sites for hydroxylation is 1. The highest BCUT2D eigenvalue weighted by molar-refractivity contribution is 5.78. The molecule has 0 saturated carbocycles. The minimum absolute atomic E-state index is 0.203. The first-order valence-corrected chi connectivity index (χ1v) is 11.1. The smallest absolute Gasteiger partial charge is 0.236 e. The summed E-state index contributed by atoms with van der Waals surface area (Å²) in [5.41, 5.74) is 1.87. The maximum Gasteiger partial charge on any atom is 0.236 e. The van der Waals surface area contributed by atoms with Gasteiger partial charge in [0.05, 0.1) is 18.8 Å². The quantitative estimate of drug-likeness (QED) is 0.716. The van der Waals surface area contributed by atoms with Gasteiger partial charge in [-0.25, -0.2) is 19.9 Å². The van der Waals surface area contributed by atoms with Gasteiger partial charge in [-0.2, -0.15) is 0 Å². The number of piperidine rings is 1. The number of ether oxygens (including phenoxy) is 1. The van der Waals surface area contributed by atoms with E-state index in [0.717, 1.165) is 62.9 Å². The van der Waals surface area contributed by atoms with E-state index in [2.05, 4.69) is 24.8 Å². The van der Waals surface area contributed by atoms with Crippen molar-refractivity contribution < 1.29 is 9.53 Å². The van der Waals surface area contributed by atoms with Crippen molar-refractivity contribution in [3.63, 3.8) is 0 Å². The molecule has 2 fully saturated rings. The summed E-state index contributed by atoms with van der Waals surface area (Å²) in [5.74, 6) is 1.75. The van der Waals surface area contributed by atoms with Crippen LogP contribution in [-0.2, 0) is 21.6 Å². The molecule has 5 heterocycles. The summed E-state index contributed by atoms with van der Waals surface area (Å²) in [6, 6.07) is 1.83. The van der Waals surface area contributed by atoms with Crippen LogP contribution < -0.4 is 4.90 Å². The van der Waals surface area contributed by atoms with Crippen LogP contribution in [0.2, 0.25) is 0 Å². The van der Waals surface area contributed by atoms with Gasteiger partial charge < -0.3 is 14.5 Å². The monoisotopic (exact) mass is 423 g/mol. The van der Waals surface area contributed by atoms with Gasteiger partial charge in [0, 0.05) is 57.9 Å². The molecule has 1 amide bonds. The highest BCUT2D eigenvalue weighted by Crippen LogP contribution is 2.40. The average molecular weight is 424 g/mol. The molecule has 164 valence electrons. The van der Waals surface area contributed by atoms with Crippen molar-refractivity contribution in [2.75, 3.05) is 57.3 Å². The lowest BCUT2D eigenvalue weighted by Crippen LogP contribution is -2.53. The molecule has 0 unspecified atom stereocenters. The first-order valence-electron chi connectivity index (χ1n) is 11.1. The Hall–Kier alpha value is -2.65. The van der Waals surface area contributed by atoms with Crippen LogP contribution in [0.4, 0.5) is 5.95 Å². The number of hydrogen-bond acceptors (Lipinski definition) is 8. The number of nitrogens with zero attached hydrogens (tertiary/aromatic N) is 7. The Bertz CT molecular complexity index is 923. The molecule has 2 aromatic heterocycles. The molecular weight excluding hydrogens is 394 g/mol. The second-order valence-corrected chi connectivity index (χ2v) is 8.58. The molecule has 0 bridgehead atoms. The highest BCUT2D eigenvalue weighted by atomic mass is 16.5. The molecule has 0 aromatic carbocycles. The van der Waals surface area contributed by atoms with Crippen LogP contribution in [0.1, 0.15) is 29.9 Å². The van der Waals surface area contributed by atoms with Gasteiger partial charge in [0.25, 0.3) is 0 Å². The van der Waals surface area contributed by atoms with E-state index in [1.807, 2.05) is 24.1 Å². The van der Waals surface area contributed by atoms with E-state index in [9.17, 15) is 4.79 Å². The van der Waals surface area contributed by atoms with Crippen molar-refractivity contribution in [1.29, 1.82) is 0 Å². The van der Waals surface area contributed by atoms with Crippen LogP contribution in [0.25, 0.3) is 0 Å². The molecule has 0 N–H and O–H groups in total. The number of aromatic nitrogens is 4. The normalized spacial score (nSPS) is 21.2. The van der Waals surface area contributed by atoms with Crippen LogP contribution in [-0.4, -0.2) is 88.1 Å². The second-order valence-electron chi connectivity index (χ2n) is 8.58. The van der Waals surface area contributed by atoms with Crippen LogP contribution in [0.3, 0.4) is 0 Å². The lowest BCUT2D eigenvalue weighted by atomic mass is 9.83. The third-order valence-corrected chi connectivity index (χ3v) is 6.66. The second kappa shape index (κ2) is 8.47. The van der Waals surface area contributed by atoms with Crippen molar-refractivity contribution in [2.45, 2.75) is 31.8 Å². The summed E-state index contributed by atoms with van der Waals surface area (Å²) in [6.07, 6.45) is 7.93. The van der Waals surface area contributed by atoms with Crippen molar-refractivity contribution in [2.24, 2.45) is 0 Å². The fourth-order valence-electron chi connectivity index (χ4n) is 4.85. The zero-order chi connectivity index (χ0) is 21.3. The largest absolute Gasteiger partial charge is 0.368 e. The van der Waals surface area contributed by atoms with E-state index in [0.29, 0.717) is 26.2 Å². The molecule has 1 spiro atoms.